The summed E-state index contributed by atoms with van der Waals surface area (Å²) in [7, 11) is 0. The number of hydrogen-bond donors (Lipinski definition) is 1. The van der Waals surface area contributed by atoms with Gasteiger partial charge in [-0.3, -0.25) is 9.59 Å². The molecule has 0 atom stereocenters. The predicted molar refractivity (Wildman–Crippen MR) is 55.9 cm³/mol. The number of hydrogen-bond acceptors (Lipinski definition) is 2. The third kappa shape index (κ3) is 2.13. The van der Waals surface area contributed by atoms with E-state index >= 15 is 0 Å². The van der Waals surface area contributed by atoms with Gasteiger partial charge in [-0.15, -0.1) is 0 Å². The lowest BCUT2D eigenvalue weighted by Gasteiger charge is -2.33. The first-order valence-corrected chi connectivity index (χ1v) is 5.77. The number of carbonyl (C=O) groups excluding carboxylic acids is 2. The van der Waals surface area contributed by atoms with Gasteiger partial charge in [0.15, 0.2) is 0 Å². The highest BCUT2D eigenvalue weighted by Crippen LogP contribution is 2.29. The molecule has 2 amide bonds. The van der Waals surface area contributed by atoms with E-state index in [-0.39, 0.29) is 17.7 Å². The third-order valence-corrected chi connectivity index (χ3v) is 3.65. The molecule has 0 aromatic rings. The van der Waals surface area contributed by atoms with Crippen LogP contribution in [0.3, 0.4) is 0 Å². The first-order chi connectivity index (χ1) is 7.18. The van der Waals surface area contributed by atoms with Crippen molar-refractivity contribution in [2.24, 2.45) is 11.7 Å². The fraction of sp³-hybridized carbons (Fsp3) is 0.818. The molecule has 2 N–H and O–H groups in total. The Labute approximate surface area is 89.8 Å². The number of nitrogens with zero attached hydrogens (tertiary/aromatic N) is 1. The van der Waals surface area contributed by atoms with Crippen molar-refractivity contribution in [3.05, 3.63) is 0 Å². The normalized spacial score (nSPS) is 32.0. The molecule has 2 rings (SSSR count). The number of rotatable bonds is 2. The molecule has 0 aromatic carbocycles. The van der Waals surface area contributed by atoms with Gasteiger partial charge in [0.05, 0.1) is 0 Å². The first kappa shape index (κ1) is 10.5. The average molecular weight is 210 g/mol. The van der Waals surface area contributed by atoms with Crippen molar-refractivity contribution in [3.63, 3.8) is 0 Å². The Hall–Kier alpha value is -1.06. The van der Waals surface area contributed by atoms with Gasteiger partial charge in [0.1, 0.15) is 0 Å². The molecular formula is C11H18N2O2. The summed E-state index contributed by atoms with van der Waals surface area (Å²) in [5.41, 5.74) is 5.27. The van der Waals surface area contributed by atoms with E-state index < -0.39 is 0 Å². The Morgan fingerprint density at radius 1 is 1.27 bits per heavy atom. The Kier molecular flexibility index (Phi) is 2.93. The minimum absolute atomic E-state index is 0.0407. The molecule has 15 heavy (non-hydrogen) atoms. The molecular weight excluding hydrogens is 192 g/mol. The van der Waals surface area contributed by atoms with Crippen LogP contribution in [0.15, 0.2) is 0 Å². The molecule has 1 heterocycles. The van der Waals surface area contributed by atoms with Crippen LogP contribution in [0, 0.1) is 5.92 Å². The zero-order chi connectivity index (χ0) is 10.8. The molecule has 0 radical (unpaired) electrons. The molecule has 0 bridgehead atoms. The quantitative estimate of drug-likeness (QED) is 0.727. The molecule has 1 saturated heterocycles. The van der Waals surface area contributed by atoms with Crippen molar-refractivity contribution in [1.82, 2.24) is 4.90 Å². The number of amides is 2. The summed E-state index contributed by atoms with van der Waals surface area (Å²) < 4.78 is 0. The van der Waals surface area contributed by atoms with Crippen LogP contribution < -0.4 is 5.73 Å². The fourth-order valence-electron chi connectivity index (χ4n) is 2.73. The number of primary amides is 1. The Morgan fingerprint density at radius 3 is 2.40 bits per heavy atom. The molecule has 4 heteroatoms. The summed E-state index contributed by atoms with van der Waals surface area (Å²) in [6.45, 7) is 0.907. The van der Waals surface area contributed by atoms with Gasteiger partial charge in [-0.2, -0.15) is 0 Å². The minimum atomic E-state index is -0.179. The van der Waals surface area contributed by atoms with E-state index in [2.05, 4.69) is 0 Å². The third-order valence-electron chi connectivity index (χ3n) is 3.65. The summed E-state index contributed by atoms with van der Waals surface area (Å²) in [4.78, 5) is 24.5. The number of nitrogens with two attached hydrogens (primary N) is 1. The average Bonchev–Trinajstić information content (AvgIpc) is 2.65. The summed E-state index contributed by atoms with van der Waals surface area (Å²) in [5.74, 6) is 0.151. The largest absolute Gasteiger partial charge is 0.369 e. The summed E-state index contributed by atoms with van der Waals surface area (Å²) in [6, 6.07) is 0.371. The van der Waals surface area contributed by atoms with Gasteiger partial charge in [-0.05, 0) is 32.1 Å². The van der Waals surface area contributed by atoms with Crippen LogP contribution in [0.1, 0.15) is 38.5 Å². The van der Waals surface area contributed by atoms with Gasteiger partial charge >= 0.3 is 0 Å². The fourth-order valence-corrected chi connectivity index (χ4v) is 2.73. The van der Waals surface area contributed by atoms with E-state index in [1.807, 2.05) is 4.90 Å². The summed E-state index contributed by atoms with van der Waals surface area (Å²) in [6.07, 6.45) is 5.29. The lowest BCUT2D eigenvalue weighted by atomic mass is 9.85. The number of likely N-dealkylation sites (tertiary alicyclic amines) is 1. The van der Waals surface area contributed by atoms with Crippen LogP contribution in [-0.4, -0.2) is 29.3 Å². The van der Waals surface area contributed by atoms with Crippen molar-refractivity contribution in [1.29, 1.82) is 0 Å². The van der Waals surface area contributed by atoms with E-state index in [0.29, 0.717) is 12.5 Å². The van der Waals surface area contributed by atoms with E-state index in [0.717, 1.165) is 38.6 Å². The van der Waals surface area contributed by atoms with Crippen molar-refractivity contribution in [2.75, 3.05) is 6.54 Å². The van der Waals surface area contributed by atoms with Gasteiger partial charge in [-0.1, -0.05) is 0 Å². The lowest BCUT2D eigenvalue weighted by Crippen LogP contribution is -2.40. The predicted octanol–water partition coefficient (Wildman–Crippen LogP) is 0.653. The smallest absolute Gasteiger partial charge is 0.222 e. The highest BCUT2D eigenvalue weighted by molar-refractivity contribution is 5.79. The van der Waals surface area contributed by atoms with Gasteiger partial charge in [0.25, 0.3) is 0 Å². The molecule has 1 aliphatic heterocycles. The zero-order valence-corrected chi connectivity index (χ0v) is 8.95. The summed E-state index contributed by atoms with van der Waals surface area (Å²) in [5, 5.41) is 0. The molecule has 4 nitrogen and oxygen atoms in total. The molecule has 84 valence electrons. The highest BCUT2D eigenvalue weighted by atomic mass is 16.2. The van der Waals surface area contributed by atoms with Crippen molar-refractivity contribution < 1.29 is 9.59 Å². The van der Waals surface area contributed by atoms with Crippen LogP contribution >= 0.6 is 0 Å². The minimum Gasteiger partial charge on any atom is -0.369 e. The van der Waals surface area contributed by atoms with Crippen molar-refractivity contribution >= 4 is 11.8 Å². The molecule has 1 saturated carbocycles. The maximum absolute atomic E-state index is 11.5. The standard InChI is InChI=1S/C11H18N2O2/c12-11(15)8-3-5-9(6-4-8)13-7-1-2-10(13)14/h8-9H,1-7H2,(H2,12,15). The number of carbonyl (C=O) groups is 2. The molecule has 0 unspecified atom stereocenters. The molecule has 0 aromatic heterocycles. The second-order valence-corrected chi connectivity index (χ2v) is 4.60. The van der Waals surface area contributed by atoms with Crippen molar-refractivity contribution in [2.45, 2.75) is 44.6 Å². The lowest BCUT2D eigenvalue weighted by molar-refractivity contribution is -0.130. The molecule has 1 aliphatic carbocycles. The SMILES string of the molecule is NC(=O)C1CCC(N2CCCC2=O)CC1. The van der Waals surface area contributed by atoms with Crippen molar-refractivity contribution in [3.8, 4) is 0 Å². The monoisotopic (exact) mass is 210 g/mol. The van der Waals surface area contributed by atoms with E-state index in [9.17, 15) is 9.59 Å². The van der Waals surface area contributed by atoms with Crippen LogP contribution in [0.5, 0.6) is 0 Å². The van der Waals surface area contributed by atoms with Crippen LogP contribution in [-0.2, 0) is 9.59 Å². The second kappa shape index (κ2) is 4.21. The molecule has 2 fully saturated rings. The van der Waals surface area contributed by atoms with Gasteiger partial charge in [0, 0.05) is 24.9 Å². The van der Waals surface area contributed by atoms with Gasteiger partial charge < -0.3 is 10.6 Å². The summed E-state index contributed by atoms with van der Waals surface area (Å²) >= 11 is 0. The molecule has 2 aliphatic rings. The van der Waals surface area contributed by atoms with Crippen LogP contribution in [0.25, 0.3) is 0 Å². The Morgan fingerprint density at radius 2 is 1.93 bits per heavy atom. The molecule has 0 spiro atoms. The van der Waals surface area contributed by atoms with Gasteiger partial charge in [0.2, 0.25) is 11.8 Å². The zero-order valence-electron chi connectivity index (χ0n) is 8.95. The van der Waals surface area contributed by atoms with Crippen LogP contribution in [0.4, 0.5) is 0 Å². The van der Waals surface area contributed by atoms with E-state index in [4.69, 9.17) is 5.73 Å². The Balaban J connectivity index is 1.87. The van der Waals surface area contributed by atoms with Crippen LogP contribution in [0.2, 0.25) is 0 Å². The first-order valence-electron chi connectivity index (χ1n) is 5.77. The van der Waals surface area contributed by atoms with E-state index in [1.165, 1.54) is 0 Å². The maximum Gasteiger partial charge on any atom is 0.222 e. The maximum atomic E-state index is 11.5. The van der Waals surface area contributed by atoms with E-state index in [1.54, 1.807) is 0 Å². The Bertz CT molecular complexity index is 270. The second-order valence-electron chi connectivity index (χ2n) is 4.60. The topological polar surface area (TPSA) is 63.4 Å². The highest BCUT2D eigenvalue weighted by Gasteiger charge is 2.32. The van der Waals surface area contributed by atoms with Gasteiger partial charge in [-0.25, -0.2) is 0 Å².